The maximum Gasteiger partial charge on any atom is 0.276 e. The lowest BCUT2D eigenvalue weighted by Gasteiger charge is -2.31. The average Bonchev–Trinajstić information content (AvgIpc) is 3.25. The quantitative estimate of drug-likeness (QED) is 0.677. The topological polar surface area (TPSA) is 72.7 Å². The fourth-order valence-electron chi connectivity index (χ4n) is 3.81. The molecule has 8 heteroatoms. The maximum absolute atomic E-state index is 12.4. The van der Waals surface area contributed by atoms with Crippen LogP contribution in [0.25, 0.3) is 0 Å². The average molecular weight is 402 g/mol. The van der Waals surface area contributed by atoms with Gasteiger partial charge in [-0.15, -0.1) is 5.10 Å². The summed E-state index contributed by atoms with van der Waals surface area (Å²) in [6.07, 6.45) is 3.76. The second-order valence-electron chi connectivity index (χ2n) is 7.26. The number of hydrogen-bond acceptors (Lipinski definition) is 6. The first-order valence-electron chi connectivity index (χ1n) is 10.2. The molecule has 0 bridgehead atoms. The molecule has 0 radical (unpaired) electrons. The predicted octanol–water partition coefficient (Wildman–Crippen LogP) is 2.61. The number of aromatic nitrogens is 3. The normalized spacial score (nSPS) is 15.3. The molecule has 0 atom stereocenters. The highest BCUT2D eigenvalue weighted by Crippen LogP contribution is 2.29. The molecular weight excluding hydrogens is 370 g/mol. The molecule has 1 aromatic heterocycles. The molecule has 0 spiro atoms. The third-order valence-electron chi connectivity index (χ3n) is 5.57. The van der Waals surface area contributed by atoms with Gasteiger partial charge in [0.1, 0.15) is 0 Å². The van der Waals surface area contributed by atoms with Crippen LogP contribution in [-0.2, 0) is 6.54 Å². The van der Waals surface area contributed by atoms with Gasteiger partial charge in [-0.05, 0) is 44.4 Å². The number of benzene rings is 1. The van der Waals surface area contributed by atoms with E-state index in [9.17, 15) is 4.79 Å². The van der Waals surface area contributed by atoms with E-state index >= 15 is 0 Å². The van der Waals surface area contributed by atoms with Gasteiger partial charge in [0.25, 0.3) is 5.91 Å². The van der Waals surface area contributed by atoms with Crippen LogP contribution >= 0.6 is 0 Å². The molecule has 29 heavy (non-hydrogen) atoms. The Morgan fingerprint density at radius 2 is 1.83 bits per heavy atom. The molecule has 2 aromatic rings. The summed E-state index contributed by atoms with van der Waals surface area (Å²) >= 11 is 0. The third-order valence-corrected chi connectivity index (χ3v) is 5.57. The Labute approximate surface area is 172 Å². The first kappa shape index (κ1) is 21.1. The lowest BCUT2D eigenvalue weighted by atomic mass is 10.0. The van der Waals surface area contributed by atoms with Crippen molar-refractivity contribution in [3.63, 3.8) is 0 Å². The monoisotopic (exact) mass is 401 g/mol. The van der Waals surface area contributed by atoms with E-state index in [1.807, 2.05) is 30.7 Å². The second-order valence-corrected chi connectivity index (χ2v) is 7.26. The lowest BCUT2D eigenvalue weighted by molar-refractivity contribution is 0.0767. The minimum Gasteiger partial charge on any atom is -0.493 e. The molecule has 1 aromatic carbocycles. The van der Waals surface area contributed by atoms with Gasteiger partial charge in [0.05, 0.1) is 26.5 Å². The number of rotatable bonds is 8. The number of carbonyl (C=O) groups is 1. The van der Waals surface area contributed by atoms with Crippen molar-refractivity contribution < 1.29 is 14.3 Å². The van der Waals surface area contributed by atoms with E-state index in [4.69, 9.17) is 9.47 Å². The molecule has 2 heterocycles. The van der Waals surface area contributed by atoms with Gasteiger partial charge in [0.15, 0.2) is 17.2 Å². The van der Waals surface area contributed by atoms with Crippen molar-refractivity contribution in [2.24, 2.45) is 0 Å². The molecule has 0 unspecified atom stereocenters. The molecule has 3 rings (SSSR count). The molecule has 158 valence electrons. The highest BCUT2D eigenvalue weighted by molar-refractivity contribution is 5.91. The summed E-state index contributed by atoms with van der Waals surface area (Å²) in [5.41, 5.74) is 1.63. The number of nitrogens with zero attached hydrogens (tertiary/aromatic N) is 5. The Kier molecular flexibility index (Phi) is 7.09. The third kappa shape index (κ3) is 4.87. The standard InChI is InChI=1S/C21H31N5O3/c1-5-25(6-2)21(27)18-15-26(23-22-18)17-9-11-24(12-10-17)14-16-7-8-19(28-3)20(13-16)29-4/h7-8,13,15,17H,5-6,9-12,14H2,1-4H3. The van der Waals surface area contributed by atoms with Crippen LogP contribution in [0.3, 0.4) is 0 Å². The lowest BCUT2D eigenvalue weighted by Crippen LogP contribution is -2.34. The summed E-state index contributed by atoms with van der Waals surface area (Å²) in [4.78, 5) is 16.6. The summed E-state index contributed by atoms with van der Waals surface area (Å²) in [7, 11) is 3.30. The van der Waals surface area contributed by atoms with E-state index in [0.717, 1.165) is 44.0 Å². The fourth-order valence-corrected chi connectivity index (χ4v) is 3.81. The molecule has 8 nitrogen and oxygen atoms in total. The molecule has 1 amide bonds. The molecular formula is C21H31N5O3. The van der Waals surface area contributed by atoms with Crippen molar-refractivity contribution in [2.75, 3.05) is 40.4 Å². The Balaban J connectivity index is 1.56. The van der Waals surface area contributed by atoms with E-state index in [1.54, 1.807) is 25.3 Å². The number of hydrogen-bond donors (Lipinski definition) is 0. The SMILES string of the molecule is CCN(CC)C(=O)c1cn(C2CCN(Cc3ccc(OC)c(OC)c3)CC2)nn1. The van der Waals surface area contributed by atoms with Crippen LogP contribution in [0.1, 0.15) is 48.8 Å². The molecule has 1 fully saturated rings. The number of carbonyl (C=O) groups excluding carboxylic acids is 1. The van der Waals surface area contributed by atoms with Gasteiger partial charge in [-0.2, -0.15) is 0 Å². The Hall–Kier alpha value is -2.61. The summed E-state index contributed by atoms with van der Waals surface area (Å²) < 4.78 is 12.6. The van der Waals surface area contributed by atoms with Crippen LogP contribution in [0.4, 0.5) is 0 Å². The van der Waals surface area contributed by atoms with E-state index in [0.29, 0.717) is 18.8 Å². The van der Waals surface area contributed by atoms with Gasteiger partial charge in [0.2, 0.25) is 0 Å². The largest absolute Gasteiger partial charge is 0.493 e. The fraction of sp³-hybridized carbons (Fsp3) is 0.571. The number of ether oxygens (including phenoxy) is 2. The minimum absolute atomic E-state index is 0.0489. The maximum atomic E-state index is 12.4. The van der Waals surface area contributed by atoms with Gasteiger partial charge in [-0.1, -0.05) is 11.3 Å². The van der Waals surface area contributed by atoms with E-state index in [2.05, 4.69) is 21.3 Å². The van der Waals surface area contributed by atoms with Crippen molar-refractivity contribution in [2.45, 2.75) is 39.3 Å². The summed E-state index contributed by atoms with van der Waals surface area (Å²) in [6.45, 7) is 8.11. The number of methoxy groups -OCH3 is 2. The second kappa shape index (κ2) is 9.73. The van der Waals surface area contributed by atoms with Crippen LogP contribution in [0.2, 0.25) is 0 Å². The minimum atomic E-state index is -0.0489. The number of piperidine rings is 1. The van der Waals surface area contributed by atoms with Gasteiger partial charge in [0, 0.05) is 32.7 Å². The van der Waals surface area contributed by atoms with Crippen molar-refractivity contribution in [1.82, 2.24) is 24.8 Å². The van der Waals surface area contributed by atoms with Crippen molar-refractivity contribution >= 4 is 5.91 Å². The molecule has 0 saturated carbocycles. The number of likely N-dealkylation sites (tertiary alicyclic amines) is 1. The van der Waals surface area contributed by atoms with Gasteiger partial charge in [-0.3, -0.25) is 9.69 Å². The number of amides is 1. The predicted molar refractivity (Wildman–Crippen MR) is 110 cm³/mol. The van der Waals surface area contributed by atoms with Crippen molar-refractivity contribution in [1.29, 1.82) is 0 Å². The summed E-state index contributed by atoms with van der Waals surface area (Å²) in [5, 5.41) is 8.35. The smallest absolute Gasteiger partial charge is 0.276 e. The molecule has 0 N–H and O–H groups in total. The first-order valence-corrected chi connectivity index (χ1v) is 10.2. The van der Waals surface area contributed by atoms with Crippen LogP contribution in [0.15, 0.2) is 24.4 Å². The molecule has 1 aliphatic heterocycles. The Morgan fingerprint density at radius 1 is 1.14 bits per heavy atom. The van der Waals surface area contributed by atoms with Gasteiger partial charge >= 0.3 is 0 Å². The Morgan fingerprint density at radius 3 is 2.45 bits per heavy atom. The van der Waals surface area contributed by atoms with E-state index < -0.39 is 0 Å². The van der Waals surface area contributed by atoms with Crippen LogP contribution in [0.5, 0.6) is 11.5 Å². The Bertz CT molecular complexity index is 810. The first-order chi connectivity index (χ1) is 14.1. The van der Waals surface area contributed by atoms with Gasteiger partial charge < -0.3 is 14.4 Å². The van der Waals surface area contributed by atoms with Crippen LogP contribution in [0, 0.1) is 0 Å². The van der Waals surface area contributed by atoms with E-state index in [-0.39, 0.29) is 11.9 Å². The van der Waals surface area contributed by atoms with E-state index in [1.165, 1.54) is 5.56 Å². The highest BCUT2D eigenvalue weighted by Gasteiger charge is 2.24. The zero-order chi connectivity index (χ0) is 20.8. The summed E-state index contributed by atoms with van der Waals surface area (Å²) in [6, 6.07) is 6.34. The molecule has 1 saturated heterocycles. The van der Waals surface area contributed by atoms with Gasteiger partial charge in [-0.25, -0.2) is 4.68 Å². The molecule has 0 aliphatic carbocycles. The summed E-state index contributed by atoms with van der Waals surface area (Å²) in [5.74, 6) is 1.45. The molecule has 1 aliphatic rings. The van der Waals surface area contributed by atoms with Crippen molar-refractivity contribution in [3.05, 3.63) is 35.7 Å². The van der Waals surface area contributed by atoms with Crippen molar-refractivity contribution in [3.8, 4) is 11.5 Å². The zero-order valence-electron chi connectivity index (χ0n) is 17.8. The zero-order valence-corrected chi connectivity index (χ0v) is 17.8. The van der Waals surface area contributed by atoms with Crippen LogP contribution in [-0.4, -0.2) is 71.1 Å². The highest BCUT2D eigenvalue weighted by atomic mass is 16.5. The van der Waals surface area contributed by atoms with Crippen LogP contribution < -0.4 is 9.47 Å².